The fourth-order valence-corrected chi connectivity index (χ4v) is 6.71. The first kappa shape index (κ1) is 40.3. The molecule has 2 aromatic heterocycles. The zero-order chi connectivity index (χ0) is 38.6. The zero-order valence-corrected chi connectivity index (χ0v) is 31.4. The molecule has 1 fully saturated rings. The summed E-state index contributed by atoms with van der Waals surface area (Å²) in [5.41, 5.74) is 10.3. The first-order valence-corrected chi connectivity index (χ1v) is 18.4. The molecule has 3 amide bonds. The molecule has 0 bridgehead atoms. The average molecular weight is 779 g/mol. The van der Waals surface area contributed by atoms with E-state index in [0.29, 0.717) is 22.2 Å². The van der Waals surface area contributed by atoms with Crippen LogP contribution in [0.15, 0.2) is 85.3 Å². The highest BCUT2D eigenvalue weighted by atomic mass is 35.5. The van der Waals surface area contributed by atoms with E-state index in [4.69, 9.17) is 28.9 Å². The third kappa shape index (κ3) is 11.1. The normalized spacial score (nSPS) is 13.2. The summed E-state index contributed by atoms with van der Waals surface area (Å²) < 4.78 is 26.4. The van der Waals surface area contributed by atoms with Gasteiger partial charge in [-0.05, 0) is 98.1 Å². The van der Waals surface area contributed by atoms with Crippen LogP contribution in [0, 0.1) is 18.6 Å². The summed E-state index contributed by atoms with van der Waals surface area (Å²) in [6.07, 6.45) is 8.00. The molecule has 284 valence electrons. The monoisotopic (exact) mass is 777 g/mol. The Morgan fingerprint density at radius 3 is 2.30 bits per heavy atom. The van der Waals surface area contributed by atoms with E-state index >= 15 is 0 Å². The van der Waals surface area contributed by atoms with Gasteiger partial charge < -0.3 is 26.3 Å². The Bertz CT molecular complexity index is 2050. The summed E-state index contributed by atoms with van der Waals surface area (Å²) in [5, 5.41) is 10.3. The molecule has 6 rings (SSSR count). The lowest BCUT2D eigenvalue weighted by Crippen LogP contribution is -2.51. The highest BCUT2D eigenvalue weighted by molar-refractivity contribution is 6.36. The number of likely N-dealkylation sites (tertiary alicyclic amines) is 1. The molecule has 1 aliphatic rings. The van der Waals surface area contributed by atoms with Crippen molar-refractivity contribution < 1.29 is 23.2 Å². The molecule has 1 unspecified atom stereocenters. The number of aromatic nitrogens is 2. The lowest BCUT2D eigenvalue weighted by atomic mass is 10.1. The summed E-state index contributed by atoms with van der Waals surface area (Å²) in [4.78, 5) is 45.3. The number of hydrogen-bond acceptors (Lipinski definition) is 6. The smallest absolute Gasteiger partial charge is 0.251 e. The van der Waals surface area contributed by atoms with Crippen molar-refractivity contribution in [1.82, 2.24) is 30.4 Å². The number of carbonyl (C=O) groups excluding carboxylic acids is 3. The summed E-state index contributed by atoms with van der Waals surface area (Å²) in [5.74, 6) is -2.83. The Morgan fingerprint density at radius 1 is 0.907 bits per heavy atom. The van der Waals surface area contributed by atoms with Crippen molar-refractivity contribution in [3.63, 3.8) is 0 Å². The van der Waals surface area contributed by atoms with Gasteiger partial charge in [0.15, 0.2) is 11.6 Å². The lowest BCUT2D eigenvalue weighted by molar-refractivity contribution is -0.128. The molecule has 54 heavy (non-hydrogen) atoms. The third-order valence-electron chi connectivity index (χ3n) is 8.98. The molecule has 3 heterocycles. The predicted octanol–water partition coefficient (Wildman–Crippen LogP) is 5.79. The van der Waals surface area contributed by atoms with Gasteiger partial charge in [0.1, 0.15) is 6.04 Å². The Kier molecular flexibility index (Phi) is 14.5. The predicted molar refractivity (Wildman–Crippen MR) is 207 cm³/mol. The van der Waals surface area contributed by atoms with Gasteiger partial charge >= 0.3 is 0 Å². The maximum atomic E-state index is 13.3. The van der Waals surface area contributed by atoms with Crippen molar-refractivity contribution in [3.05, 3.63) is 135 Å². The van der Waals surface area contributed by atoms with Gasteiger partial charge in [-0.25, -0.2) is 8.78 Å². The average Bonchev–Trinajstić information content (AvgIpc) is 3.80. The number of nitrogens with one attached hydrogen (secondary N) is 3. The van der Waals surface area contributed by atoms with E-state index in [9.17, 15) is 23.2 Å². The van der Waals surface area contributed by atoms with Crippen molar-refractivity contribution in [2.45, 2.75) is 45.3 Å². The Balaban J connectivity index is 0.000000546. The number of benzene rings is 3. The molecule has 0 radical (unpaired) electrons. The molecule has 0 saturated carbocycles. The van der Waals surface area contributed by atoms with Crippen molar-refractivity contribution in [1.29, 1.82) is 0 Å². The minimum atomic E-state index is -0.839. The number of aryl methyl sites for hydroxylation is 1. The second-order valence-corrected chi connectivity index (χ2v) is 13.9. The fourth-order valence-electron chi connectivity index (χ4n) is 6.19. The standard InChI is InChI=1S/C33H37Cl2N7O3.C7H6F2/c34-27-4-3-5-28(35)26(27)21-42-20-24(19-41-14-1-2-15-41)25-7-6-23(17-30(25)42)32(44)39-18-31(43)40-29(33(45)38-13-10-36)16-22-8-11-37-12-9-22;1-5-2-3-6(8)7(9)4-5/h3-9,11-12,17,20,29H,1-2,10,13-16,18-19,21,36H2,(H,38,45)(H,39,44)(H,40,43);2-4H,1H3. The van der Waals surface area contributed by atoms with Crippen LogP contribution >= 0.6 is 23.2 Å². The van der Waals surface area contributed by atoms with Crippen LogP contribution < -0.4 is 21.7 Å². The molecule has 0 spiro atoms. The second kappa shape index (κ2) is 19.4. The molecule has 5 N–H and O–H groups in total. The Hall–Kier alpha value is -4.88. The number of amides is 3. The summed E-state index contributed by atoms with van der Waals surface area (Å²) in [6, 6.07) is 17.5. The van der Waals surface area contributed by atoms with Crippen LogP contribution in [-0.4, -0.2) is 70.9 Å². The fraction of sp³-hybridized carbons (Fsp3) is 0.300. The SMILES string of the molecule is Cc1ccc(F)c(F)c1.NCCNC(=O)C(Cc1ccncc1)NC(=O)CNC(=O)c1ccc2c(CN3CCCC3)cn(Cc3c(Cl)cccc3Cl)c2c1. The van der Waals surface area contributed by atoms with Crippen LogP contribution in [0.1, 0.15) is 45.5 Å². The van der Waals surface area contributed by atoms with Gasteiger partial charge in [0.2, 0.25) is 11.8 Å². The van der Waals surface area contributed by atoms with Gasteiger partial charge in [0, 0.05) is 76.7 Å². The van der Waals surface area contributed by atoms with E-state index in [1.807, 2.05) is 30.3 Å². The number of fused-ring (bicyclic) bond motifs is 1. The van der Waals surface area contributed by atoms with Crippen LogP contribution in [-0.2, 0) is 29.1 Å². The lowest BCUT2D eigenvalue weighted by Gasteiger charge is -2.18. The number of nitrogens with two attached hydrogens (primary N) is 1. The number of pyridine rings is 1. The number of nitrogens with zero attached hydrogens (tertiary/aromatic N) is 3. The Labute approximate surface area is 323 Å². The van der Waals surface area contributed by atoms with Gasteiger partial charge in [-0.15, -0.1) is 0 Å². The summed E-state index contributed by atoms with van der Waals surface area (Å²) in [7, 11) is 0. The van der Waals surface area contributed by atoms with E-state index in [0.717, 1.165) is 64.9 Å². The van der Waals surface area contributed by atoms with Crippen molar-refractivity contribution >= 4 is 51.8 Å². The number of carbonyl (C=O) groups is 3. The minimum absolute atomic E-state index is 0.265. The van der Waals surface area contributed by atoms with Crippen LogP contribution in [0.4, 0.5) is 8.78 Å². The van der Waals surface area contributed by atoms with Gasteiger partial charge in [0.25, 0.3) is 5.91 Å². The molecule has 5 aromatic rings. The first-order chi connectivity index (χ1) is 26.0. The van der Waals surface area contributed by atoms with E-state index < -0.39 is 29.5 Å². The highest BCUT2D eigenvalue weighted by Gasteiger charge is 2.22. The molecule has 0 aliphatic carbocycles. The van der Waals surface area contributed by atoms with E-state index in [1.54, 1.807) is 37.5 Å². The van der Waals surface area contributed by atoms with Crippen LogP contribution in [0.2, 0.25) is 10.0 Å². The second-order valence-electron chi connectivity index (χ2n) is 13.1. The van der Waals surface area contributed by atoms with Crippen LogP contribution in [0.3, 0.4) is 0 Å². The van der Waals surface area contributed by atoms with Gasteiger partial charge in [-0.2, -0.15) is 0 Å². The Morgan fingerprint density at radius 2 is 1.63 bits per heavy atom. The molecule has 1 saturated heterocycles. The van der Waals surface area contributed by atoms with E-state index in [-0.39, 0.29) is 32.0 Å². The maximum absolute atomic E-state index is 13.3. The number of rotatable bonds is 13. The third-order valence-corrected chi connectivity index (χ3v) is 9.69. The summed E-state index contributed by atoms with van der Waals surface area (Å²) in [6.45, 7) is 5.33. The quantitative estimate of drug-likeness (QED) is 0.120. The molecule has 1 atom stereocenters. The molecule has 10 nitrogen and oxygen atoms in total. The molecule has 14 heteroatoms. The molecule has 3 aromatic carbocycles. The zero-order valence-electron chi connectivity index (χ0n) is 29.9. The first-order valence-electron chi connectivity index (χ1n) is 17.6. The molecular weight excluding hydrogens is 735 g/mol. The molecular formula is C40H43Cl2F2N7O3. The molecule has 1 aliphatic heterocycles. The number of hydrogen-bond donors (Lipinski definition) is 4. The van der Waals surface area contributed by atoms with E-state index in [2.05, 4.69) is 36.6 Å². The van der Waals surface area contributed by atoms with Gasteiger partial charge in [-0.3, -0.25) is 24.3 Å². The van der Waals surface area contributed by atoms with E-state index in [1.165, 1.54) is 18.9 Å². The number of halogens is 4. The summed E-state index contributed by atoms with van der Waals surface area (Å²) >= 11 is 13.0. The van der Waals surface area contributed by atoms with Crippen LogP contribution in [0.5, 0.6) is 0 Å². The van der Waals surface area contributed by atoms with Crippen molar-refractivity contribution in [2.24, 2.45) is 5.73 Å². The minimum Gasteiger partial charge on any atom is -0.353 e. The van der Waals surface area contributed by atoms with Crippen molar-refractivity contribution in [2.75, 3.05) is 32.7 Å². The largest absolute Gasteiger partial charge is 0.353 e. The maximum Gasteiger partial charge on any atom is 0.251 e. The highest BCUT2D eigenvalue weighted by Crippen LogP contribution is 2.30. The van der Waals surface area contributed by atoms with Crippen LogP contribution in [0.25, 0.3) is 10.9 Å². The topological polar surface area (TPSA) is 134 Å². The van der Waals surface area contributed by atoms with Gasteiger partial charge in [-0.1, -0.05) is 41.4 Å². The van der Waals surface area contributed by atoms with Gasteiger partial charge in [0.05, 0.1) is 13.1 Å². The van der Waals surface area contributed by atoms with Crippen molar-refractivity contribution in [3.8, 4) is 0 Å².